The summed E-state index contributed by atoms with van der Waals surface area (Å²) in [5.74, 6) is 0.771. The van der Waals surface area contributed by atoms with E-state index in [1.54, 1.807) is 18.2 Å². The van der Waals surface area contributed by atoms with Crippen molar-refractivity contribution in [3.05, 3.63) is 94.5 Å². The van der Waals surface area contributed by atoms with Crippen LogP contribution in [-0.2, 0) is 19.5 Å². The van der Waals surface area contributed by atoms with Crippen LogP contribution in [0.1, 0.15) is 65.7 Å². The Balaban J connectivity index is 1.54. The Morgan fingerprint density at radius 1 is 1.00 bits per heavy atom. The molecule has 1 N–H and O–H groups in total. The van der Waals surface area contributed by atoms with Crippen molar-refractivity contribution in [1.29, 1.82) is 0 Å². The van der Waals surface area contributed by atoms with Crippen LogP contribution in [0, 0.1) is 0 Å². The number of fused-ring (bicyclic) bond motifs is 3. The van der Waals surface area contributed by atoms with Crippen molar-refractivity contribution in [1.82, 2.24) is 4.90 Å². The fourth-order valence-electron chi connectivity index (χ4n) is 4.52. The molecule has 0 radical (unpaired) electrons. The molecule has 5 heteroatoms. The standard InChI is InChI=1S/C30H35NO4/c1-22(2)35-28-12-9-23(10-13-28)20-31-15-4-3-5-16-34-29-14-11-26(30(32)33)19-27(29)18-24-7-6-8-25(17-24)21-31/h6-14,17,19,22H,3-5,15-16,18,20-21H2,1-2H3,(H,32,33). The fraction of sp³-hybridized carbons (Fsp3) is 0.367. The molecule has 5 nitrogen and oxygen atoms in total. The zero-order chi connectivity index (χ0) is 24.6. The first-order valence-corrected chi connectivity index (χ1v) is 12.5. The molecular formula is C30H35NO4. The van der Waals surface area contributed by atoms with Gasteiger partial charge in [-0.3, -0.25) is 4.90 Å². The Hall–Kier alpha value is -3.31. The van der Waals surface area contributed by atoms with Gasteiger partial charge in [0.15, 0.2) is 0 Å². The van der Waals surface area contributed by atoms with E-state index in [1.807, 2.05) is 13.8 Å². The van der Waals surface area contributed by atoms with E-state index in [2.05, 4.69) is 53.4 Å². The summed E-state index contributed by atoms with van der Waals surface area (Å²) >= 11 is 0. The quantitative estimate of drug-likeness (QED) is 0.469. The van der Waals surface area contributed by atoms with Crippen LogP contribution in [0.2, 0.25) is 0 Å². The van der Waals surface area contributed by atoms with Gasteiger partial charge in [-0.15, -0.1) is 0 Å². The van der Waals surface area contributed by atoms with E-state index in [9.17, 15) is 9.90 Å². The lowest BCUT2D eigenvalue weighted by Gasteiger charge is -2.24. The van der Waals surface area contributed by atoms with Crippen LogP contribution < -0.4 is 9.47 Å². The molecule has 0 fully saturated rings. The Morgan fingerprint density at radius 2 is 1.80 bits per heavy atom. The van der Waals surface area contributed by atoms with Gasteiger partial charge < -0.3 is 14.6 Å². The van der Waals surface area contributed by atoms with Crippen molar-refractivity contribution in [2.45, 2.75) is 58.7 Å². The molecule has 1 aliphatic heterocycles. The summed E-state index contributed by atoms with van der Waals surface area (Å²) < 4.78 is 11.9. The van der Waals surface area contributed by atoms with Crippen LogP contribution in [-0.4, -0.2) is 35.2 Å². The van der Waals surface area contributed by atoms with Crippen LogP contribution in [0.3, 0.4) is 0 Å². The molecular weight excluding hydrogens is 438 g/mol. The molecule has 0 amide bonds. The van der Waals surface area contributed by atoms with Crippen molar-refractivity contribution in [2.75, 3.05) is 13.2 Å². The van der Waals surface area contributed by atoms with Gasteiger partial charge in [0.25, 0.3) is 0 Å². The number of aromatic carboxylic acids is 1. The average Bonchev–Trinajstić information content (AvgIpc) is 2.82. The third-order valence-electron chi connectivity index (χ3n) is 6.18. The average molecular weight is 474 g/mol. The lowest BCUT2D eigenvalue weighted by molar-refractivity contribution is 0.0696. The second-order valence-corrected chi connectivity index (χ2v) is 9.55. The van der Waals surface area contributed by atoms with Gasteiger partial charge in [0, 0.05) is 19.5 Å². The lowest BCUT2D eigenvalue weighted by Crippen LogP contribution is -2.24. The minimum Gasteiger partial charge on any atom is -0.493 e. The second kappa shape index (κ2) is 11.9. The molecule has 1 heterocycles. The van der Waals surface area contributed by atoms with Crippen molar-refractivity contribution in [2.24, 2.45) is 0 Å². The molecule has 3 aromatic carbocycles. The number of benzene rings is 3. The fourth-order valence-corrected chi connectivity index (χ4v) is 4.52. The number of hydrogen-bond donors (Lipinski definition) is 1. The molecule has 0 aliphatic carbocycles. The van der Waals surface area contributed by atoms with E-state index in [1.165, 1.54) is 11.1 Å². The Kier molecular flexibility index (Phi) is 8.43. The molecule has 35 heavy (non-hydrogen) atoms. The van der Waals surface area contributed by atoms with Crippen LogP contribution in [0.5, 0.6) is 11.5 Å². The monoisotopic (exact) mass is 473 g/mol. The first kappa shape index (κ1) is 24.8. The van der Waals surface area contributed by atoms with Crippen LogP contribution in [0.15, 0.2) is 66.7 Å². The summed E-state index contributed by atoms with van der Waals surface area (Å²) in [7, 11) is 0. The van der Waals surface area contributed by atoms with Gasteiger partial charge in [-0.1, -0.05) is 36.4 Å². The highest BCUT2D eigenvalue weighted by molar-refractivity contribution is 5.88. The molecule has 184 valence electrons. The van der Waals surface area contributed by atoms with E-state index in [0.29, 0.717) is 18.6 Å². The van der Waals surface area contributed by atoms with Crippen molar-refractivity contribution in [3.8, 4) is 11.5 Å². The SMILES string of the molecule is CC(C)Oc1ccc(CN2CCCCCOc3ccc(C(=O)O)cc3Cc3cccc(c3)C2)cc1. The van der Waals surface area contributed by atoms with Crippen LogP contribution >= 0.6 is 0 Å². The summed E-state index contributed by atoms with van der Waals surface area (Å²) in [6.07, 6.45) is 3.97. The van der Waals surface area contributed by atoms with Crippen LogP contribution in [0.25, 0.3) is 0 Å². The predicted octanol–water partition coefficient (Wildman–Crippen LogP) is 6.33. The summed E-state index contributed by atoms with van der Waals surface area (Å²) in [4.78, 5) is 14.0. The van der Waals surface area contributed by atoms with E-state index in [0.717, 1.165) is 61.5 Å². The minimum atomic E-state index is -0.916. The van der Waals surface area contributed by atoms with Gasteiger partial charge in [-0.25, -0.2) is 4.79 Å². The Bertz CT molecular complexity index is 1120. The minimum absolute atomic E-state index is 0.170. The van der Waals surface area contributed by atoms with E-state index >= 15 is 0 Å². The van der Waals surface area contributed by atoms with Crippen LogP contribution in [0.4, 0.5) is 0 Å². The number of nitrogens with zero attached hydrogens (tertiary/aromatic N) is 1. The maximum atomic E-state index is 11.5. The molecule has 0 aromatic heterocycles. The molecule has 0 atom stereocenters. The van der Waals surface area contributed by atoms with E-state index < -0.39 is 5.97 Å². The molecule has 4 rings (SSSR count). The van der Waals surface area contributed by atoms with Gasteiger partial charge >= 0.3 is 5.97 Å². The molecule has 0 spiro atoms. The number of hydrogen-bond acceptors (Lipinski definition) is 4. The topological polar surface area (TPSA) is 59.0 Å². The smallest absolute Gasteiger partial charge is 0.335 e. The van der Waals surface area contributed by atoms with Crippen molar-refractivity contribution < 1.29 is 19.4 Å². The van der Waals surface area contributed by atoms with Gasteiger partial charge in [-0.05, 0) is 92.2 Å². The third-order valence-corrected chi connectivity index (χ3v) is 6.18. The lowest BCUT2D eigenvalue weighted by atomic mass is 9.99. The van der Waals surface area contributed by atoms with Gasteiger partial charge in [0.2, 0.25) is 0 Å². The molecule has 0 saturated heterocycles. The zero-order valence-corrected chi connectivity index (χ0v) is 20.7. The highest BCUT2D eigenvalue weighted by atomic mass is 16.5. The number of carboxylic acids is 1. The predicted molar refractivity (Wildman–Crippen MR) is 138 cm³/mol. The highest BCUT2D eigenvalue weighted by Gasteiger charge is 2.13. The van der Waals surface area contributed by atoms with Crippen molar-refractivity contribution >= 4 is 5.97 Å². The summed E-state index contributed by atoms with van der Waals surface area (Å²) in [5.41, 5.74) is 4.90. The second-order valence-electron chi connectivity index (χ2n) is 9.55. The maximum absolute atomic E-state index is 11.5. The highest BCUT2D eigenvalue weighted by Crippen LogP contribution is 2.25. The normalized spacial score (nSPS) is 15.1. The summed E-state index contributed by atoms with van der Waals surface area (Å²) in [6.45, 7) is 7.49. The molecule has 1 aliphatic rings. The molecule has 3 aromatic rings. The summed E-state index contributed by atoms with van der Waals surface area (Å²) in [6, 6.07) is 22.2. The number of rotatable bonds is 5. The molecule has 0 saturated carbocycles. The van der Waals surface area contributed by atoms with Crippen molar-refractivity contribution in [3.63, 3.8) is 0 Å². The molecule has 2 bridgehead atoms. The largest absolute Gasteiger partial charge is 0.493 e. The van der Waals surface area contributed by atoms with E-state index in [-0.39, 0.29) is 6.10 Å². The zero-order valence-electron chi connectivity index (χ0n) is 20.7. The first-order valence-electron chi connectivity index (χ1n) is 12.5. The molecule has 0 unspecified atom stereocenters. The van der Waals surface area contributed by atoms with Gasteiger partial charge in [-0.2, -0.15) is 0 Å². The third kappa shape index (κ3) is 7.33. The van der Waals surface area contributed by atoms with Gasteiger partial charge in [0.05, 0.1) is 18.3 Å². The number of carbonyl (C=O) groups is 1. The maximum Gasteiger partial charge on any atom is 0.335 e. The van der Waals surface area contributed by atoms with Gasteiger partial charge in [0.1, 0.15) is 11.5 Å². The summed E-state index contributed by atoms with van der Waals surface area (Å²) in [5, 5.41) is 9.45. The Morgan fingerprint density at radius 3 is 2.57 bits per heavy atom. The number of ether oxygens (including phenoxy) is 2. The first-order chi connectivity index (χ1) is 17.0. The Labute approximate surface area is 208 Å². The number of carboxylic acid groups (broad SMARTS) is 1. The van der Waals surface area contributed by atoms with E-state index in [4.69, 9.17) is 9.47 Å².